The second kappa shape index (κ2) is 7.57. The summed E-state index contributed by atoms with van der Waals surface area (Å²) in [5.41, 5.74) is 0.571. The molecule has 2 rings (SSSR count). The van der Waals surface area contributed by atoms with E-state index < -0.39 is 0 Å². The van der Waals surface area contributed by atoms with Gasteiger partial charge in [0, 0.05) is 36.1 Å². The summed E-state index contributed by atoms with van der Waals surface area (Å²) < 4.78 is 0. The molecule has 1 saturated carbocycles. The smallest absolute Gasteiger partial charge is 0.220 e. The highest BCUT2D eigenvalue weighted by Gasteiger charge is 2.31. The zero-order chi connectivity index (χ0) is 15.2. The number of aliphatic hydroxyl groups excluding tert-OH is 1. The molecule has 1 aromatic carbocycles. The van der Waals surface area contributed by atoms with Gasteiger partial charge in [0.25, 0.3) is 0 Å². The van der Waals surface area contributed by atoms with Crippen molar-refractivity contribution in [1.29, 1.82) is 0 Å². The molecule has 5 heteroatoms. The fourth-order valence-electron chi connectivity index (χ4n) is 2.35. The molecule has 1 aromatic rings. The number of aliphatic hydroxyl groups is 1. The highest BCUT2D eigenvalue weighted by Crippen LogP contribution is 2.33. The van der Waals surface area contributed by atoms with Crippen molar-refractivity contribution in [3.8, 4) is 0 Å². The minimum atomic E-state index is -0.123. The number of hydrogen-bond donors (Lipinski definition) is 2. The minimum Gasteiger partial charge on any atom is -0.396 e. The molecule has 1 amide bonds. The third-order valence-electron chi connectivity index (χ3n) is 3.72. The van der Waals surface area contributed by atoms with E-state index in [-0.39, 0.29) is 37.2 Å². The lowest BCUT2D eigenvalue weighted by Gasteiger charge is -2.16. The molecular weight excluding hydrogens is 290 g/mol. The maximum absolute atomic E-state index is 12.0. The van der Waals surface area contributed by atoms with Crippen molar-refractivity contribution >= 4 is 23.3 Å². The molecule has 4 nitrogen and oxygen atoms in total. The molecule has 0 radical (unpaired) electrons. The standard InChI is InChI=1S/C16H20ClNO3/c17-13-5-3-12(4-6-13)15(20)7-8-16(21)18-14(9-10-19)11-1-2-11/h3-6,11,14,19H,1-2,7-10H2,(H,18,21). The number of benzene rings is 1. The average Bonchev–Trinajstić information content (AvgIpc) is 3.29. The molecule has 1 fully saturated rings. The van der Waals surface area contributed by atoms with Gasteiger partial charge < -0.3 is 10.4 Å². The van der Waals surface area contributed by atoms with Gasteiger partial charge in [-0.15, -0.1) is 0 Å². The summed E-state index contributed by atoms with van der Waals surface area (Å²) >= 11 is 5.77. The van der Waals surface area contributed by atoms with Crippen LogP contribution in [0.4, 0.5) is 0 Å². The minimum absolute atomic E-state index is 0.0492. The maximum Gasteiger partial charge on any atom is 0.220 e. The van der Waals surface area contributed by atoms with Gasteiger partial charge in [-0.05, 0) is 49.4 Å². The summed E-state index contributed by atoms with van der Waals surface area (Å²) in [6.07, 6.45) is 3.16. The molecule has 1 atom stereocenters. The van der Waals surface area contributed by atoms with Crippen molar-refractivity contribution in [2.45, 2.75) is 38.1 Å². The van der Waals surface area contributed by atoms with Crippen molar-refractivity contribution in [3.63, 3.8) is 0 Å². The predicted octanol–water partition coefficient (Wildman–Crippen LogP) is 2.58. The third-order valence-corrected chi connectivity index (χ3v) is 3.97. The topological polar surface area (TPSA) is 66.4 Å². The summed E-state index contributed by atoms with van der Waals surface area (Å²) in [4.78, 5) is 23.8. The van der Waals surface area contributed by atoms with Crippen LogP contribution in [0.3, 0.4) is 0 Å². The number of carbonyl (C=O) groups is 2. The zero-order valence-corrected chi connectivity index (χ0v) is 12.6. The van der Waals surface area contributed by atoms with Gasteiger partial charge in [-0.3, -0.25) is 9.59 Å². The maximum atomic E-state index is 12.0. The molecular formula is C16H20ClNO3. The molecule has 0 bridgehead atoms. The highest BCUT2D eigenvalue weighted by molar-refractivity contribution is 6.30. The number of Topliss-reactive ketones (excluding diaryl/α,β-unsaturated/α-hetero) is 1. The van der Waals surface area contributed by atoms with Gasteiger partial charge in [-0.25, -0.2) is 0 Å². The lowest BCUT2D eigenvalue weighted by Crippen LogP contribution is -2.37. The Morgan fingerprint density at radius 3 is 2.48 bits per heavy atom. The molecule has 21 heavy (non-hydrogen) atoms. The third kappa shape index (κ3) is 5.14. The largest absolute Gasteiger partial charge is 0.396 e. The van der Waals surface area contributed by atoms with Crippen LogP contribution in [0.2, 0.25) is 5.02 Å². The van der Waals surface area contributed by atoms with Crippen LogP contribution in [0.15, 0.2) is 24.3 Å². The van der Waals surface area contributed by atoms with Gasteiger partial charge in [0.2, 0.25) is 5.91 Å². The van der Waals surface area contributed by atoms with Crippen LogP contribution in [-0.4, -0.2) is 29.4 Å². The molecule has 1 unspecified atom stereocenters. The number of halogens is 1. The summed E-state index contributed by atoms with van der Waals surface area (Å²) in [6, 6.07) is 6.72. The molecule has 114 valence electrons. The zero-order valence-electron chi connectivity index (χ0n) is 11.8. The van der Waals surface area contributed by atoms with E-state index in [1.165, 1.54) is 0 Å². The van der Waals surface area contributed by atoms with E-state index in [0.717, 1.165) is 12.8 Å². The summed E-state index contributed by atoms with van der Waals surface area (Å²) in [5, 5.41) is 12.5. The van der Waals surface area contributed by atoms with Gasteiger partial charge in [-0.1, -0.05) is 11.6 Å². The first-order valence-corrected chi connectivity index (χ1v) is 7.67. The Hall–Kier alpha value is -1.39. The number of hydrogen-bond acceptors (Lipinski definition) is 3. The van der Waals surface area contributed by atoms with Gasteiger partial charge >= 0.3 is 0 Å². The molecule has 0 spiro atoms. The number of carbonyl (C=O) groups excluding carboxylic acids is 2. The number of nitrogens with one attached hydrogen (secondary N) is 1. The lowest BCUT2D eigenvalue weighted by molar-refractivity contribution is -0.122. The van der Waals surface area contributed by atoms with Crippen LogP contribution in [0.5, 0.6) is 0 Å². The van der Waals surface area contributed by atoms with Crippen LogP contribution in [0, 0.1) is 5.92 Å². The molecule has 0 saturated heterocycles. The summed E-state index contributed by atoms with van der Waals surface area (Å²) in [5.74, 6) is 0.308. The van der Waals surface area contributed by atoms with E-state index in [0.29, 0.717) is 22.9 Å². The fraction of sp³-hybridized carbons (Fsp3) is 0.500. The van der Waals surface area contributed by atoms with E-state index in [1.807, 2.05) is 0 Å². The highest BCUT2D eigenvalue weighted by atomic mass is 35.5. The summed E-state index contributed by atoms with van der Waals surface area (Å²) in [7, 11) is 0. The Morgan fingerprint density at radius 1 is 1.24 bits per heavy atom. The van der Waals surface area contributed by atoms with E-state index in [1.54, 1.807) is 24.3 Å². The van der Waals surface area contributed by atoms with Crippen LogP contribution in [0.1, 0.15) is 42.5 Å². The summed E-state index contributed by atoms with van der Waals surface area (Å²) in [6.45, 7) is 0.0746. The normalized spacial score (nSPS) is 15.5. The quantitative estimate of drug-likeness (QED) is 0.725. The van der Waals surface area contributed by atoms with Crippen molar-refractivity contribution in [2.75, 3.05) is 6.61 Å². The van der Waals surface area contributed by atoms with Gasteiger partial charge in [0.15, 0.2) is 5.78 Å². The van der Waals surface area contributed by atoms with Gasteiger partial charge in [0.1, 0.15) is 0 Å². The first kappa shape index (κ1) is 16.0. The second-order valence-corrected chi connectivity index (χ2v) is 5.89. The SMILES string of the molecule is O=C(CCC(=O)c1ccc(Cl)cc1)NC(CCO)C1CC1. The molecule has 1 aliphatic carbocycles. The molecule has 0 aromatic heterocycles. The monoisotopic (exact) mass is 309 g/mol. The Labute approximate surface area is 129 Å². The Balaban J connectivity index is 1.77. The van der Waals surface area contributed by atoms with Crippen molar-refractivity contribution in [1.82, 2.24) is 5.32 Å². The Kier molecular flexibility index (Phi) is 5.76. The lowest BCUT2D eigenvalue weighted by atomic mass is 10.1. The fourth-order valence-corrected chi connectivity index (χ4v) is 2.48. The number of ketones is 1. The first-order chi connectivity index (χ1) is 10.1. The molecule has 0 aliphatic heterocycles. The van der Waals surface area contributed by atoms with Crippen molar-refractivity contribution in [3.05, 3.63) is 34.9 Å². The molecule has 1 aliphatic rings. The molecule has 0 heterocycles. The van der Waals surface area contributed by atoms with E-state index in [9.17, 15) is 9.59 Å². The van der Waals surface area contributed by atoms with Crippen LogP contribution in [0.25, 0.3) is 0 Å². The first-order valence-electron chi connectivity index (χ1n) is 7.29. The van der Waals surface area contributed by atoms with Gasteiger partial charge in [-0.2, -0.15) is 0 Å². The molecule has 2 N–H and O–H groups in total. The van der Waals surface area contributed by atoms with E-state index in [2.05, 4.69) is 5.32 Å². The Bertz CT molecular complexity index is 497. The number of amides is 1. The van der Waals surface area contributed by atoms with Crippen molar-refractivity contribution < 1.29 is 14.7 Å². The van der Waals surface area contributed by atoms with Crippen LogP contribution in [-0.2, 0) is 4.79 Å². The second-order valence-electron chi connectivity index (χ2n) is 5.45. The van der Waals surface area contributed by atoms with Crippen LogP contribution >= 0.6 is 11.6 Å². The van der Waals surface area contributed by atoms with Gasteiger partial charge in [0.05, 0.1) is 0 Å². The van der Waals surface area contributed by atoms with E-state index in [4.69, 9.17) is 16.7 Å². The average molecular weight is 310 g/mol. The van der Waals surface area contributed by atoms with Crippen LogP contribution < -0.4 is 5.32 Å². The number of rotatable bonds is 8. The van der Waals surface area contributed by atoms with E-state index >= 15 is 0 Å². The predicted molar refractivity (Wildman–Crippen MR) is 81.4 cm³/mol. The van der Waals surface area contributed by atoms with Crippen molar-refractivity contribution in [2.24, 2.45) is 5.92 Å². The Morgan fingerprint density at radius 2 is 1.90 bits per heavy atom.